The molecular formula is C16H15ClN2O4. The fourth-order valence-corrected chi connectivity index (χ4v) is 2.29. The number of nitrogens with zero attached hydrogens (tertiary/aromatic N) is 1. The van der Waals surface area contributed by atoms with Gasteiger partial charge < -0.3 is 10.4 Å². The van der Waals surface area contributed by atoms with Crippen LogP contribution in [0.1, 0.15) is 30.2 Å². The number of rotatable bonds is 5. The summed E-state index contributed by atoms with van der Waals surface area (Å²) in [4.78, 5) is 22.2. The molecule has 0 aliphatic carbocycles. The summed E-state index contributed by atoms with van der Waals surface area (Å²) in [6, 6.07) is 11.9. The summed E-state index contributed by atoms with van der Waals surface area (Å²) in [6.45, 7) is 1.73. The molecule has 2 atom stereocenters. The molecule has 0 radical (unpaired) electrons. The number of hydrogen-bond acceptors (Lipinski definition) is 4. The Labute approximate surface area is 137 Å². The number of hydrogen-bond donors (Lipinski definition) is 2. The van der Waals surface area contributed by atoms with Crippen LogP contribution in [0.3, 0.4) is 0 Å². The van der Waals surface area contributed by atoms with Crippen LogP contribution in [-0.4, -0.2) is 15.9 Å². The van der Waals surface area contributed by atoms with Gasteiger partial charge in [0.1, 0.15) is 0 Å². The van der Waals surface area contributed by atoms with Crippen LogP contribution in [0, 0.1) is 10.1 Å². The average molecular weight is 335 g/mol. The van der Waals surface area contributed by atoms with Gasteiger partial charge in [-0.3, -0.25) is 14.9 Å². The van der Waals surface area contributed by atoms with Crippen molar-refractivity contribution in [3.05, 3.63) is 74.8 Å². The van der Waals surface area contributed by atoms with Crippen molar-refractivity contribution >= 4 is 23.2 Å². The van der Waals surface area contributed by atoms with Crippen molar-refractivity contribution in [3.63, 3.8) is 0 Å². The molecule has 23 heavy (non-hydrogen) atoms. The molecule has 0 heterocycles. The minimum atomic E-state index is -1.34. The van der Waals surface area contributed by atoms with Crippen LogP contribution in [-0.2, 0) is 4.79 Å². The number of aliphatic hydroxyl groups is 1. The lowest BCUT2D eigenvalue weighted by atomic mass is 10.1. The highest BCUT2D eigenvalue weighted by molar-refractivity contribution is 6.30. The highest BCUT2D eigenvalue weighted by atomic mass is 35.5. The van der Waals surface area contributed by atoms with Crippen molar-refractivity contribution in [1.82, 2.24) is 5.32 Å². The van der Waals surface area contributed by atoms with Crippen LogP contribution in [0.25, 0.3) is 0 Å². The molecule has 2 unspecified atom stereocenters. The lowest BCUT2D eigenvalue weighted by molar-refractivity contribution is -0.384. The fraction of sp³-hybridized carbons (Fsp3) is 0.188. The summed E-state index contributed by atoms with van der Waals surface area (Å²) < 4.78 is 0. The van der Waals surface area contributed by atoms with E-state index in [0.717, 1.165) is 0 Å². The zero-order valence-electron chi connectivity index (χ0n) is 12.3. The van der Waals surface area contributed by atoms with Gasteiger partial charge in [-0.05, 0) is 30.2 Å². The van der Waals surface area contributed by atoms with Crippen LogP contribution < -0.4 is 5.32 Å². The molecule has 0 aliphatic heterocycles. The van der Waals surface area contributed by atoms with Crippen molar-refractivity contribution in [1.29, 1.82) is 0 Å². The Bertz CT molecular complexity index is 718. The molecule has 0 bridgehead atoms. The predicted molar refractivity (Wildman–Crippen MR) is 86.1 cm³/mol. The van der Waals surface area contributed by atoms with E-state index in [0.29, 0.717) is 16.1 Å². The molecular weight excluding hydrogens is 320 g/mol. The minimum absolute atomic E-state index is 0.0220. The minimum Gasteiger partial charge on any atom is -0.378 e. The van der Waals surface area contributed by atoms with Crippen LogP contribution >= 0.6 is 11.6 Å². The summed E-state index contributed by atoms with van der Waals surface area (Å²) in [6.07, 6.45) is -1.34. The predicted octanol–water partition coefficient (Wildman–Crippen LogP) is 3.16. The van der Waals surface area contributed by atoms with Gasteiger partial charge >= 0.3 is 0 Å². The SMILES string of the molecule is CC(NC(=O)C(O)c1cccc(Cl)c1)c1ccc([N+](=O)[O-])cc1. The van der Waals surface area contributed by atoms with Crippen LogP contribution in [0.5, 0.6) is 0 Å². The van der Waals surface area contributed by atoms with E-state index < -0.39 is 23.0 Å². The Kier molecular flexibility index (Phi) is 5.31. The quantitative estimate of drug-likeness (QED) is 0.649. The van der Waals surface area contributed by atoms with Crippen LogP contribution in [0.4, 0.5) is 5.69 Å². The third-order valence-electron chi connectivity index (χ3n) is 3.38. The molecule has 2 aromatic carbocycles. The van der Waals surface area contributed by atoms with E-state index >= 15 is 0 Å². The Hall–Kier alpha value is -2.44. The number of halogens is 1. The van der Waals surface area contributed by atoms with Crippen molar-refractivity contribution < 1.29 is 14.8 Å². The number of carbonyl (C=O) groups is 1. The number of nitrogens with one attached hydrogen (secondary N) is 1. The van der Waals surface area contributed by atoms with E-state index in [4.69, 9.17) is 11.6 Å². The first-order valence-electron chi connectivity index (χ1n) is 6.86. The lowest BCUT2D eigenvalue weighted by Crippen LogP contribution is -2.31. The Morgan fingerprint density at radius 2 is 1.87 bits per heavy atom. The van der Waals surface area contributed by atoms with E-state index in [9.17, 15) is 20.0 Å². The Morgan fingerprint density at radius 1 is 1.22 bits per heavy atom. The highest BCUT2D eigenvalue weighted by Crippen LogP contribution is 2.21. The molecule has 0 spiro atoms. The molecule has 0 saturated carbocycles. The normalized spacial score (nSPS) is 13.2. The van der Waals surface area contributed by atoms with Crippen LogP contribution in [0.15, 0.2) is 48.5 Å². The zero-order valence-corrected chi connectivity index (χ0v) is 13.0. The summed E-state index contributed by atoms with van der Waals surface area (Å²) in [7, 11) is 0. The second kappa shape index (κ2) is 7.21. The largest absolute Gasteiger partial charge is 0.378 e. The second-order valence-corrected chi connectivity index (χ2v) is 5.47. The molecule has 0 aromatic heterocycles. The third kappa shape index (κ3) is 4.28. The van der Waals surface area contributed by atoms with Gasteiger partial charge in [0.2, 0.25) is 0 Å². The van der Waals surface area contributed by atoms with Gasteiger partial charge in [-0.2, -0.15) is 0 Å². The zero-order chi connectivity index (χ0) is 17.0. The molecule has 2 N–H and O–H groups in total. The second-order valence-electron chi connectivity index (χ2n) is 5.04. The summed E-state index contributed by atoms with van der Waals surface area (Å²) >= 11 is 5.84. The maximum absolute atomic E-state index is 12.1. The number of non-ortho nitro benzene ring substituents is 1. The van der Waals surface area contributed by atoms with Gasteiger partial charge in [0.05, 0.1) is 11.0 Å². The van der Waals surface area contributed by atoms with E-state index in [2.05, 4.69) is 5.32 Å². The van der Waals surface area contributed by atoms with Crippen LogP contribution in [0.2, 0.25) is 5.02 Å². The Morgan fingerprint density at radius 3 is 2.43 bits per heavy atom. The van der Waals surface area contributed by atoms with E-state index in [1.807, 2.05) is 0 Å². The standard InChI is InChI=1S/C16H15ClN2O4/c1-10(11-5-7-14(8-6-11)19(22)23)18-16(21)15(20)12-3-2-4-13(17)9-12/h2-10,15,20H,1H3,(H,18,21). The van der Waals surface area contributed by atoms with Gasteiger partial charge in [-0.25, -0.2) is 0 Å². The number of carbonyl (C=O) groups excluding carboxylic acids is 1. The molecule has 7 heteroatoms. The number of amides is 1. The highest BCUT2D eigenvalue weighted by Gasteiger charge is 2.20. The summed E-state index contributed by atoms with van der Waals surface area (Å²) in [5, 5.41) is 23.8. The molecule has 0 saturated heterocycles. The van der Waals surface area contributed by atoms with E-state index in [1.54, 1.807) is 37.3 Å². The molecule has 0 fully saturated rings. The van der Waals surface area contributed by atoms with Crippen molar-refractivity contribution in [2.75, 3.05) is 0 Å². The fourth-order valence-electron chi connectivity index (χ4n) is 2.09. The van der Waals surface area contributed by atoms with Gasteiger partial charge in [0, 0.05) is 17.2 Å². The van der Waals surface area contributed by atoms with Gasteiger partial charge in [-0.15, -0.1) is 0 Å². The number of aliphatic hydroxyl groups excluding tert-OH is 1. The molecule has 6 nitrogen and oxygen atoms in total. The third-order valence-corrected chi connectivity index (χ3v) is 3.61. The van der Waals surface area contributed by atoms with Gasteiger partial charge in [0.15, 0.2) is 6.10 Å². The average Bonchev–Trinajstić information content (AvgIpc) is 2.54. The summed E-state index contributed by atoms with van der Waals surface area (Å²) in [5.41, 5.74) is 1.07. The molecule has 2 aromatic rings. The van der Waals surface area contributed by atoms with Gasteiger partial charge in [0.25, 0.3) is 11.6 Å². The smallest absolute Gasteiger partial charge is 0.269 e. The molecule has 1 amide bonds. The summed E-state index contributed by atoms with van der Waals surface area (Å²) in [5.74, 6) is -0.571. The molecule has 120 valence electrons. The molecule has 2 rings (SSSR count). The monoisotopic (exact) mass is 334 g/mol. The molecule has 0 aliphatic rings. The number of nitro groups is 1. The maximum atomic E-state index is 12.1. The van der Waals surface area contributed by atoms with E-state index in [-0.39, 0.29) is 5.69 Å². The maximum Gasteiger partial charge on any atom is 0.269 e. The van der Waals surface area contributed by atoms with Gasteiger partial charge in [-0.1, -0.05) is 35.9 Å². The van der Waals surface area contributed by atoms with E-state index in [1.165, 1.54) is 18.2 Å². The van der Waals surface area contributed by atoms with Crippen molar-refractivity contribution in [2.24, 2.45) is 0 Å². The number of benzene rings is 2. The van der Waals surface area contributed by atoms with Crippen molar-refractivity contribution in [2.45, 2.75) is 19.1 Å². The first kappa shape index (κ1) is 16.9. The first-order valence-corrected chi connectivity index (χ1v) is 7.24. The lowest BCUT2D eigenvalue weighted by Gasteiger charge is -2.17. The van der Waals surface area contributed by atoms with Crippen molar-refractivity contribution in [3.8, 4) is 0 Å². The first-order chi connectivity index (χ1) is 10.9. The number of nitro benzene ring substituents is 1. The Balaban J connectivity index is 2.05. The topological polar surface area (TPSA) is 92.5 Å².